The zero-order chi connectivity index (χ0) is 21.1. The molecule has 4 fully saturated rings. The number of carbonyl (C=O) groups is 1. The maximum Gasteiger partial charge on any atom is 0.306 e. The molecule has 0 spiro atoms. The molecule has 4 rings (SSSR count). The predicted octanol–water partition coefficient (Wildman–Crippen LogP) is 4.72. The molecule has 4 nitrogen and oxygen atoms in total. The summed E-state index contributed by atoms with van der Waals surface area (Å²) in [4.78, 5) is 11.4. The number of aliphatic hydroxyl groups excluding tert-OH is 2. The minimum Gasteiger partial charge on any atom is -0.481 e. The number of hydrogen-bond acceptors (Lipinski definition) is 3. The Kier molecular flexibility index (Phi) is 5.60. The fraction of sp³-hybridized carbons (Fsp3) is 0.960. The van der Waals surface area contributed by atoms with Gasteiger partial charge >= 0.3 is 5.97 Å². The van der Waals surface area contributed by atoms with Crippen LogP contribution >= 0.6 is 0 Å². The third kappa shape index (κ3) is 3.37. The number of aliphatic carboxylic acids is 1. The summed E-state index contributed by atoms with van der Waals surface area (Å²) in [5.74, 6) is 2.02. The van der Waals surface area contributed by atoms with Crippen molar-refractivity contribution in [3.63, 3.8) is 0 Å². The van der Waals surface area contributed by atoms with Crippen LogP contribution in [0.3, 0.4) is 0 Å². The van der Waals surface area contributed by atoms with E-state index in [9.17, 15) is 20.1 Å². The van der Waals surface area contributed by atoms with E-state index >= 15 is 0 Å². The van der Waals surface area contributed by atoms with Crippen LogP contribution in [0.2, 0.25) is 0 Å². The van der Waals surface area contributed by atoms with Gasteiger partial charge in [-0.25, -0.2) is 0 Å². The van der Waals surface area contributed by atoms with Gasteiger partial charge in [-0.15, -0.1) is 0 Å². The number of carboxylic acid groups (broad SMARTS) is 1. The van der Waals surface area contributed by atoms with Gasteiger partial charge in [0.05, 0.1) is 18.1 Å². The summed E-state index contributed by atoms with van der Waals surface area (Å²) in [5.41, 5.74) is 0.503. The topological polar surface area (TPSA) is 77.8 Å². The summed E-state index contributed by atoms with van der Waals surface area (Å²) in [5, 5.41) is 30.9. The second-order valence-electron chi connectivity index (χ2n) is 11.9. The highest BCUT2D eigenvalue weighted by Crippen LogP contribution is 2.68. The molecule has 166 valence electrons. The molecule has 4 aliphatic carbocycles. The highest BCUT2D eigenvalue weighted by Gasteiger charge is 2.62. The molecule has 0 aromatic carbocycles. The van der Waals surface area contributed by atoms with Crippen molar-refractivity contribution >= 4 is 5.97 Å². The van der Waals surface area contributed by atoms with Gasteiger partial charge in [0, 0.05) is 0 Å². The fourth-order valence-corrected chi connectivity index (χ4v) is 9.00. The van der Waals surface area contributed by atoms with Gasteiger partial charge in [0.2, 0.25) is 0 Å². The first kappa shape index (κ1) is 21.6. The molecule has 3 N–H and O–H groups in total. The summed E-state index contributed by atoms with van der Waals surface area (Å²) < 4.78 is 0. The van der Waals surface area contributed by atoms with Crippen molar-refractivity contribution < 1.29 is 20.1 Å². The molecule has 0 heterocycles. The van der Waals surface area contributed by atoms with Gasteiger partial charge in [-0.1, -0.05) is 27.7 Å². The van der Waals surface area contributed by atoms with E-state index in [1.165, 1.54) is 25.7 Å². The number of rotatable bonds is 4. The number of hydrogen-bond donors (Lipinski definition) is 3. The Labute approximate surface area is 176 Å². The minimum atomic E-state index is -0.679. The van der Waals surface area contributed by atoms with Gasteiger partial charge in [0.25, 0.3) is 0 Å². The standard InChI is InChI=1S/C25H42O4/c1-14(11-15(2)23(28)29)18-5-6-19-22-20(8-10-25(18,19)4)24(3)9-7-17(26)12-16(24)13-21(22)27/h14-22,26-27H,5-13H2,1-4H3,(H,28,29)/t14-,15+,16?,17+,18-,19+,20+,21+,22+,24+,25-/m1/s1. The highest BCUT2D eigenvalue weighted by atomic mass is 16.4. The van der Waals surface area contributed by atoms with Crippen LogP contribution in [0.5, 0.6) is 0 Å². The first-order valence-corrected chi connectivity index (χ1v) is 12.2. The van der Waals surface area contributed by atoms with E-state index in [1.54, 1.807) is 0 Å². The zero-order valence-corrected chi connectivity index (χ0v) is 18.8. The number of fused-ring (bicyclic) bond motifs is 5. The van der Waals surface area contributed by atoms with Crippen molar-refractivity contribution in [2.24, 2.45) is 52.3 Å². The third-order valence-corrected chi connectivity index (χ3v) is 10.6. The second kappa shape index (κ2) is 7.51. The lowest BCUT2D eigenvalue weighted by Gasteiger charge is -2.62. The van der Waals surface area contributed by atoms with Gasteiger partial charge < -0.3 is 15.3 Å². The van der Waals surface area contributed by atoms with Gasteiger partial charge in [0.1, 0.15) is 0 Å². The van der Waals surface area contributed by atoms with Crippen molar-refractivity contribution in [1.29, 1.82) is 0 Å². The second-order valence-corrected chi connectivity index (χ2v) is 11.9. The molecular formula is C25H42O4. The summed E-state index contributed by atoms with van der Waals surface area (Å²) in [6.07, 6.45) is 8.87. The largest absolute Gasteiger partial charge is 0.481 e. The van der Waals surface area contributed by atoms with Crippen molar-refractivity contribution in [3.8, 4) is 0 Å². The molecule has 0 bridgehead atoms. The molecule has 0 aromatic heterocycles. The molecule has 0 aliphatic heterocycles. The van der Waals surface area contributed by atoms with Gasteiger partial charge in [-0.05, 0) is 104 Å². The molecule has 0 radical (unpaired) electrons. The molecule has 0 saturated heterocycles. The fourth-order valence-electron chi connectivity index (χ4n) is 9.00. The van der Waals surface area contributed by atoms with E-state index in [4.69, 9.17) is 0 Å². The lowest BCUT2D eigenvalue weighted by molar-refractivity contribution is -0.174. The molecule has 0 amide bonds. The van der Waals surface area contributed by atoms with Crippen LogP contribution < -0.4 is 0 Å². The SMILES string of the molecule is C[C@H](C[C@H](C)C(=O)O)[C@H]1CC[C@H]2[C@@H]3[C@@H](O)CC4C[C@@H](O)CC[C@]4(C)[C@H]3CC[C@]12C. The summed E-state index contributed by atoms with van der Waals surface area (Å²) >= 11 is 0. The van der Waals surface area contributed by atoms with Gasteiger partial charge in [0.15, 0.2) is 0 Å². The van der Waals surface area contributed by atoms with Crippen LogP contribution in [0.15, 0.2) is 0 Å². The Morgan fingerprint density at radius 3 is 2.31 bits per heavy atom. The van der Waals surface area contributed by atoms with E-state index in [1.807, 2.05) is 6.92 Å². The van der Waals surface area contributed by atoms with E-state index in [2.05, 4.69) is 20.8 Å². The van der Waals surface area contributed by atoms with Crippen LogP contribution in [-0.4, -0.2) is 33.5 Å². The number of aliphatic hydroxyl groups is 2. The van der Waals surface area contributed by atoms with Gasteiger partial charge in [-0.2, -0.15) is 0 Å². The number of carboxylic acids is 1. The van der Waals surface area contributed by atoms with Crippen molar-refractivity contribution in [2.75, 3.05) is 0 Å². The highest BCUT2D eigenvalue weighted by molar-refractivity contribution is 5.69. The van der Waals surface area contributed by atoms with E-state index in [-0.39, 0.29) is 29.0 Å². The Morgan fingerprint density at radius 2 is 1.62 bits per heavy atom. The molecule has 1 unspecified atom stereocenters. The molecule has 4 aliphatic rings. The average molecular weight is 407 g/mol. The molecule has 29 heavy (non-hydrogen) atoms. The van der Waals surface area contributed by atoms with E-state index < -0.39 is 5.97 Å². The normalized spacial score (nSPS) is 51.4. The van der Waals surface area contributed by atoms with Crippen LogP contribution in [0.1, 0.15) is 85.5 Å². The van der Waals surface area contributed by atoms with Crippen LogP contribution in [0.4, 0.5) is 0 Å². The first-order valence-electron chi connectivity index (χ1n) is 12.2. The summed E-state index contributed by atoms with van der Waals surface area (Å²) in [6, 6.07) is 0. The van der Waals surface area contributed by atoms with Gasteiger partial charge in [-0.3, -0.25) is 4.79 Å². The Morgan fingerprint density at radius 1 is 0.966 bits per heavy atom. The quantitative estimate of drug-likeness (QED) is 0.631. The molecule has 0 aromatic rings. The Hall–Kier alpha value is -0.610. The summed E-state index contributed by atoms with van der Waals surface area (Å²) in [6.45, 7) is 9.02. The Bertz CT molecular complexity index is 634. The monoisotopic (exact) mass is 406 g/mol. The predicted molar refractivity (Wildman–Crippen MR) is 113 cm³/mol. The van der Waals surface area contributed by atoms with Crippen LogP contribution in [0.25, 0.3) is 0 Å². The molecule has 4 heteroatoms. The van der Waals surface area contributed by atoms with E-state index in [0.717, 1.165) is 32.1 Å². The third-order valence-electron chi connectivity index (χ3n) is 10.6. The van der Waals surface area contributed by atoms with Crippen molar-refractivity contribution in [3.05, 3.63) is 0 Å². The Balaban J connectivity index is 1.56. The molecule has 11 atom stereocenters. The zero-order valence-electron chi connectivity index (χ0n) is 18.8. The van der Waals surface area contributed by atoms with Crippen molar-refractivity contribution in [2.45, 2.75) is 97.7 Å². The maximum atomic E-state index is 11.4. The van der Waals surface area contributed by atoms with Crippen LogP contribution in [-0.2, 0) is 4.79 Å². The lowest BCUT2D eigenvalue weighted by Crippen LogP contribution is -2.58. The lowest BCUT2D eigenvalue weighted by atomic mass is 9.43. The van der Waals surface area contributed by atoms with Crippen molar-refractivity contribution in [1.82, 2.24) is 0 Å². The van der Waals surface area contributed by atoms with Crippen LogP contribution in [0, 0.1) is 52.3 Å². The minimum absolute atomic E-state index is 0.182. The summed E-state index contributed by atoms with van der Waals surface area (Å²) in [7, 11) is 0. The first-order chi connectivity index (χ1) is 13.6. The van der Waals surface area contributed by atoms with E-state index in [0.29, 0.717) is 35.5 Å². The molecular weight excluding hydrogens is 364 g/mol. The average Bonchev–Trinajstić information content (AvgIpc) is 3.00. The maximum absolute atomic E-state index is 11.4. The molecule has 4 saturated carbocycles. The smallest absolute Gasteiger partial charge is 0.306 e.